The van der Waals surface area contributed by atoms with E-state index in [1.54, 1.807) is 6.08 Å². The van der Waals surface area contributed by atoms with E-state index in [9.17, 15) is 14.0 Å². The van der Waals surface area contributed by atoms with Crippen molar-refractivity contribution in [1.82, 2.24) is 5.32 Å². The van der Waals surface area contributed by atoms with Gasteiger partial charge in [-0.1, -0.05) is 6.08 Å². The fraction of sp³-hybridized carbons (Fsp3) is 0.333. The van der Waals surface area contributed by atoms with E-state index < -0.39 is 11.9 Å². The van der Waals surface area contributed by atoms with Gasteiger partial charge in [0.1, 0.15) is 5.82 Å². The number of ketones is 1. The molecular formula is C15H18FNO3. The zero-order valence-electron chi connectivity index (χ0n) is 11.4. The summed E-state index contributed by atoms with van der Waals surface area (Å²) in [6, 6.07) is 4.80. The molecule has 0 saturated heterocycles. The van der Waals surface area contributed by atoms with Crippen LogP contribution in [0, 0.1) is 5.82 Å². The molecule has 0 heterocycles. The normalized spacial score (nSPS) is 11.7. The highest BCUT2D eigenvalue weighted by Gasteiger charge is 2.20. The highest BCUT2D eigenvalue weighted by Crippen LogP contribution is 2.10. The fourth-order valence-corrected chi connectivity index (χ4v) is 1.73. The zero-order chi connectivity index (χ0) is 15.0. The third-order valence-electron chi connectivity index (χ3n) is 2.82. The summed E-state index contributed by atoms with van der Waals surface area (Å²) in [6.07, 6.45) is 2.08. The van der Waals surface area contributed by atoms with Gasteiger partial charge in [-0.05, 0) is 30.7 Å². The van der Waals surface area contributed by atoms with Gasteiger partial charge < -0.3 is 10.1 Å². The minimum absolute atomic E-state index is 0.137. The van der Waals surface area contributed by atoms with Gasteiger partial charge in [0, 0.05) is 18.5 Å². The summed E-state index contributed by atoms with van der Waals surface area (Å²) in [7, 11) is 1.30. The molecule has 0 aliphatic rings. The zero-order valence-corrected chi connectivity index (χ0v) is 11.4. The number of methoxy groups -OCH3 is 1. The molecule has 1 aromatic rings. The maximum absolute atomic E-state index is 12.9. The summed E-state index contributed by atoms with van der Waals surface area (Å²) >= 11 is 0. The SMILES string of the molecule is C=CCNC(CCC(=O)OC)C(=O)c1ccc(F)cc1. The standard InChI is InChI=1S/C15H18FNO3/c1-3-10-17-13(8-9-14(18)20-2)15(19)11-4-6-12(16)7-5-11/h3-7,13,17H,1,8-10H2,2H3. The lowest BCUT2D eigenvalue weighted by atomic mass is 10.00. The van der Waals surface area contributed by atoms with Crippen molar-refractivity contribution < 1.29 is 18.7 Å². The van der Waals surface area contributed by atoms with E-state index in [0.717, 1.165) is 0 Å². The number of benzene rings is 1. The van der Waals surface area contributed by atoms with Crippen LogP contribution in [0.15, 0.2) is 36.9 Å². The van der Waals surface area contributed by atoms with Crippen molar-refractivity contribution in [2.24, 2.45) is 0 Å². The van der Waals surface area contributed by atoms with Gasteiger partial charge in [0.05, 0.1) is 13.2 Å². The lowest BCUT2D eigenvalue weighted by Gasteiger charge is -2.16. The van der Waals surface area contributed by atoms with Crippen LogP contribution in [0.4, 0.5) is 4.39 Å². The lowest BCUT2D eigenvalue weighted by molar-refractivity contribution is -0.140. The predicted octanol–water partition coefficient (Wildman–Crippen LogP) is 2.11. The Morgan fingerprint density at radius 2 is 2.05 bits per heavy atom. The Hall–Kier alpha value is -2.01. The van der Waals surface area contributed by atoms with Gasteiger partial charge >= 0.3 is 5.97 Å². The van der Waals surface area contributed by atoms with Crippen LogP contribution in [0.3, 0.4) is 0 Å². The van der Waals surface area contributed by atoms with Crippen LogP contribution in [-0.4, -0.2) is 31.4 Å². The summed E-state index contributed by atoms with van der Waals surface area (Å²) < 4.78 is 17.4. The molecule has 20 heavy (non-hydrogen) atoms. The Kier molecular flexibility index (Phi) is 6.59. The van der Waals surface area contributed by atoms with E-state index in [1.807, 2.05) is 0 Å². The number of Topliss-reactive ketones (excluding diaryl/α,β-unsaturated/α-hetero) is 1. The number of hydrogen-bond donors (Lipinski definition) is 1. The van der Waals surface area contributed by atoms with Crippen molar-refractivity contribution in [3.63, 3.8) is 0 Å². The number of rotatable bonds is 8. The van der Waals surface area contributed by atoms with E-state index in [2.05, 4.69) is 16.6 Å². The molecule has 0 spiro atoms. The minimum Gasteiger partial charge on any atom is -0.469 e. The summed E-state index contributed by atoms with van der Waals surface area (Å²) in [5, 5.41) is 2.99. The molecule has 0 saturated carbocycles. The molecule has 4 nitrogen and oxygen atoms in total. The molecule has 1 unspecified atom stereocenters. The highest BCUT2D eigenvalue weighted by atomic mass is 19.1. The molecule has 5 heteroatoms. The average Bonchev–Trinajstić information content (AvgIpc) is 2.47. The van der Waals surface area contributed by atoms with Crippen molar-refractivity contribution in [2.45, 2.75) is 18.9 Å². The van der Waals surface area contributed by atoms with Gasteiger partial charge in [-0.15, -0.1) is 6.58 Å². The van der Waals surface area contributed by atoms with E-state index in [-0.39, 0.29) is 18.2 Å². The van der Waals surface area contributed by atoms with Crippen molar-refractivity contribution in [3.8, 4) is 0 Å². The Labute approximate surface area is 117 Å². The number of carbonyl (C=O) groups is 2. The predicted molar refractivity (Wildman–Crippen MR) is 74.0 cm³/mol. The molecule has 0 aromatic heterocycles. The Bertz CT molecular complexity index is 471. The largest absolute Gasteiger partial charge is 0.469 e. The average molecular weight is 279 g/mol. The first-order valence-electron chi connectivity index (χ1n) is 6.29. The van der Waals surface area contributed by atoms with Crippen LogP contribution in [0.5, 0.6) is 0 Å². The smallest absolute Gasteiger partial charge is 0.305 e. The van der Waals surface area contributed by atoms with E-state index in [0.29, 0.717) is 18.5 Å². The summed E-state index contributed by atoms with van der Waals surface area (Å²) in [6.45, 7) is 4.02. The van der Waals surface area contributed by atoms with Crippen LogP contribution in [0.25, 0.3) is 0 Å². The van der Waals surface area contributed by atoms with Gasteiger partial charge in [0.15, 0.2) is 5.78 Å². The first-order valence-corrected chi connectivity index (χ1v) is 6.29. The van der Waals surface area contributed by atoms with Crippen LogP contribution >= 0.6 is 0 Å². The van der Waals surface area contributed by atoms with Crippen LogP contribution in [-0.2, 0) is 9.53 Å². The number of esters is 1. The van der Waals surface area contributed by atoms with Gasteiger partial charge in [-0.2, -0.15) is 0 Å². The van der Waals surface area contributed by atoms with Crippen LogP contribution < -0.4 is 5.32 Å². The van der Waals surface area contributed by atoms with Crippen molar-refractivity contribution in [2.75, 3.05) is 13.7 Å². The number of carbonyl (C=O) groups excluding carboxylic acids is 2. The van der Waals surface area contributed by atoms with Crippen LogP contribution in [0.2, 0.25) is 0 Å². The molecule has 1 atom stereocenters. The second-order valence-electron chi connectivity index (χ2n) is 4.24. The van der Waals surface area contributed by atoms with Gasteiger partial charge in [-0.3, -0.25) is 9.59 Å². The molecule has 0 amide bonds. The first kappa shape index (κ1) is 16.0. The topological polar surface area (TPSA) is 55.4 Å². The summed E-state index contributed by atoms with van der Waals surface area (Å²) in [5.41, 5.74) is 0.401. The Balaban J connectivity index is 2.75. The van der Waals surface area contributed by atoms with E-state index in [4.69, 9.17) is 0 Å². The first-order chi connectivity index (χ1) is 9.58. The van der Waals surface area contributed by atoms with E-state index >= 15 is 0 Å². The second-order valence-corrected chi connectivity index (χ2v) is 4.24. The maximum atomic E-state index is 12.9. The van der Waals surface area contributed by atoms with Gasteiger partial charge in [0.25, 0.3) is 0 Å². The monoisotopic (exact) mass is 279 g/mol. The van der Waals surface area contributed by atoms with Crippen molar-refractivity contribution in [3.05, 3.63) is 48.3 Å². The molecule has 0 bridgehead atoms. The quantitative estimate of drug-likeness (QED) is 0.450. The Morgan fingerprint density at radius 1 is 1.40 bits per heavy atom. The van der Waals surface area contributed by atoms with Crippen molar-refractivity contribution >= 4 is 11.8 Å². The van der Waals surface area contributed by atoms with E-state index in [1.165, 1.54) is 31.4 Å². The van der Waals surface area contributed by atoms with Crippen LogP contribution in [0.1, 0.15) is 23.2 Å². The molecule has 1 aromatic carbocycles. The lowest BCUT2D eigenvalue weighted by Crippen LogP contribution is -2.37. The van der Waals surface area contributed by atoms with Gasteiger partial charge in [-0.25, -0.2) is 4.39 Å². The fourth-order valence-electron chi connectivity index (χ4n) is 1.73. The number of ether oxygens (including phenoxy) is 1. The van der Waals surface area contributed by atoms with Crippen molar-refractivity contribution in [1.29, 1.82) is 0 Å². The third kappa shape index (κ3) is 4.93. The molecule has 1 N–H and O–H groups in total. The Morgan fingerprint density at radius 3 is 2.60 bits per heavy atom. The van der Waals surface area contributed by atoms with Gasteiger partial charge in [0.2, 0.25) is 0 Å². The molecule has 1 rings (SSSR count). The molecule has 0 fully saturated rings. The highest BCUT2D eigenvalue weighted by molar-refractivity contribution is 6.00. The number of nitrogens with one attached hydrogen (secondary N) is 1. The molecule has 0 aliphatic carbocycles. The number of hydrogen-bond acceptors (Lipinski definition) is 4. The number of halogens is 1. The third-order valence-corrected chi connectivity index (χ3v) is 2.82. The second kappa shape index (κ2) is 8.22. The summed E-state index contributed by atoms with van der Waals surface area (Å²) in [5.74, 6) is -0.954. The minimum atomic E-state index is -0.530. The molecule has 0 aliphatic heterocycles. The summed E-state index contributed by atoms with van der Waals surface area (Å²) in [4.78, 5) is 23.5. The maximum Gasteiger partial charge on any atom is 0.305 e. The molecule has 108 valence electrons. The molecular weight excluding hydrogens is 261 g/mol. The molecule has 0 radical (unpaired) electrons.